The molecule has 0 spiro atoms. The second-order valence-corrected chi connectivity index (χ2v) is 6.08. The van der Waals surface area contributed by atoms with Crippen molar-refractivity contribution < 1.29 is 9.53 Å². The molecule has 0 unspecified atom stereocenters. The van der Waals surface area contributed by atoms with Crippen molar-refractivity contribution in [3.8, 4) is 5.75 Å². The predicted octanol–water partition coefficient (Wildman–Crippen LogP) is 4.66. The molecular formula is C17H14Cl2O2. The van der Waals surface area contributed by atoms with Gasteiger partial charge in [-0.2, -0.15) is 0 Å². The Labute approximate surface area is 133 Å². The molecule has 0 N–H and O–H groups in total. The molecule has 0 saturated heterocycles. The lowest BCUT2D eigenvalue weighted by Gasteiger charge is -2.10. The highest BCUT2D eigenvalue weighted by atomic mass is 35.5. The molecule has 108 valence electrons. The monoisotopic (exact) mass is 320 g/mol. The Morgan fingerprint density at radius 2 is 2.00 bits per heavy atom. The Hall–Kier alpha value is -1.51. The minimum atomic E-state index is 0.0455. The van der Waals surface area contributed by atoms with E-state index in [0.29, 0.717) is 22.2 Å². The topological polar surface area (TPSA) is 26.3 Å². The van der Waals surface area contributed by atoms with E-state index < -0.39 is 0 Å². The van der Waals surface area contributed by atoms with Crippen molar-refractivity contribution in [3.05, 3.63) is 62.6 Å². The van der Waals surface area contributed by atoms with Gasteiger partial charge in [-0.25, -0.2) is 0 Å². The summed E-state index contributed by atoms with van der Waals surface area (Å²) in [6.07, 6.45) is 1.13. The van der Waals surface area contributed by atoms with Crippen LogP contribution in [0.15, 0.2) is 30.3 Å². The molecule has 1 aliphatic heterocycles. The first-order chi connectivity index (χ1) is 10.0. The second kappa shape index (κ2) is 5.70. The lowest BCUT2D eigenvalue weighted by molar-refractivity contribution is 0.0991. The molecule has 1 aliphatic rings. The number of hydrogen-bond donors (Lipinski definition) is 0. The van der Waals surface area contributed by atoms with Crippen molar-refractivity contribution in [2.24, 2.45) is 0 Å². The largest absolute Gasteiger partial charge is 0.493 e. The summed E-state index contributed by atoms with van der Waals surface area (Å²) in [6.45, 7) is 2.54. The third kappa shape index (κ3) is 2.92. The number of ketones is 1. The van der Waals surface area contributed by atoms with Crippen LogP contribution in [0.4, 0.5) is 0 Å². The number of benzene rings is 2. The first-order valence-corrected chi connectivity index (χ1v) is 7.53. The number of halogens is 2. The molecule has 0 amide bonds. The maximum atomic E-state index is 12.5. The third-order valence-electron chi connectivity index (χ3n) is 3.67. The molecule has 2 nitrogen and oxygen atoms in total. The smallest absolute Gasteiger partial charge is 0.167 e. The van der Waals surface area contributed by atoms with E-state index in [9.17, 15) is 4.79 Å². The Morgan fingerprint density at radius 3 is 2.76 bits per heavy atom. The maximum absolute atomic E-state index is 12.5. The minimum Gasteiger partial charge on any atom is -0.493 e. The fourth-order valence-corrected chi connectivity index (χ4v) is 3.18. The van der Waals surface area contributed by atoms with Crippen LogP contribution in [-0.4, -0.2) is 12.4 Å². The number of carbonyl (C=O) groups is 1. The number of aryl methyl sites for hydroxylation is 1. The molecular weight excluding hydrogens is 307 g/mol. The van der Waals surface area contributed by atoms with E-state index >= 15 is 0 Å². The van der Waals surface area contributed by atoms with Gasteiger partial charge in [-0.1, -0.05) is 23.2 Å². The van der Waals surface area contributed by atoms with Gasteiger partial charge in [-0.05, 0) is 48.4 Å². The van der Waals surface area contributed by atoms with Crippen LogP contribution >= 0.6 is 23.2 Å². The van der Waals surface area contributed by atoms with Gasteiger partial charge in [0.2, 0.25) is 0 Å². The molecule has 0 fully saturated rings. The first-order valence-electron chi connectivity index (χ1n) is 6.78. The Kier molecular flexibility index (Phi) is 3.92. The predicted molar refractivity (Wildman–Crippen MR) is 84.9 cm³/mol. The fraction of sp³-hybridized carbons (Fsp3) is 0.235. The van der Waals surface area contributed by atoms with Crippen molar-refractivity contribution in [1.82, 2.24) is 0 Å². The molecule has 2 aromatic carbocycles. The highest BCUT2D eigenvalue weighted by Crippen LogP contribution is 2.33. The molecule has 0 atom stereocenters. The highest BCUT2D eigenvalue weighted by molar-refractivity contribution is 6.31. The van der Waals surface area contributed by atoms with Gasteiger partial charge >= 0.3 is 0 Å². The Bertz CT molecular complexity index is 723. The van der Waals surface area contributed by atoms with Gasteiger partial charge in [-0.3, -0.25) is 4.79 Å². The van der Waals surface area contributed by atoms with E-state index in [2.05, 4.69) is 0 Å². The van der Waals surface area contributed by atoms with E-state index in [0.717, 1.165) is 28.9 Å². The summed E-state index contributed by atoms with van der Waals surface area (Å²) < 4.78 is 5.64. The normalized spacial score (nSPS) is 12.9. The van der Waals surface area contributed by atoms with Crippen molar-refractivity contribution >= 4 is 29.0 Å². The molecule has 0 bridgehead atoms. The van der Waals surface area contributed by atoms with Crippen molar-refractivity contribution in [3.63, 3.8) is 0 Å². The van der Waals surface area contributed by atoms with Crippen molar-refractivity contribution in [2.45, 2.75) is 19.8 Å². The summed E-state index contributed by atoms with van der Waals surface area (Å²) in [5.41, 5.74) is 3.51. The van der Waals surface area contributed by atoms with Crippen LogP contribution in [0.5, 0.6) is 5.75 Å². The molecule has 0 aromatic heterocycles. The van der Waals surface area contributed by atoms with Gasteiger partial charge in [0.25, 0.3) is 0 Å². The zero-order valence-electron chi connectivity index (χ0n) is 11.6. The van der Waals surface area contributed by atoms with Crippen molar-refractivity contribution in [2.75, 3.05) is 6.61 Å². The van der Waals surface area contributed by atoms with Crippen LogP contribution in [0, 0.1) is 6.92 Å². The van der Waals surface area contributed by atoms with E-state index in [1.165, 1.54) is 0 Å². The second-order valence-electron chi connectivity index (χ2n) is 5.21. The Morgan fingerprint density at radius 1 is 1.19 bits per heavy atom. The Balaban J connectivity index is 1.92. The number of fused-ring (bicyclic) bond motifs is 1. The van der Waals surface area contributed by atoms with Gasteiger partial charge in [0.1, 0.15) is 5.75 Å². The van der Waals surface area contributed by atoms with E-state index in [4.69, 9.17) is 27.9 Å². The molecule has 0 saturated carbocycles. The van der Waals surface area contributed by atoms with Gasteiger partial charge in [0.05, 0.1) is 6.61 Å². The molecule has 21 heavy (non-hydrogen) atoms. The summed E-state index contributed by atoms with van der Waals surface area (Å²) in [4.78, 5) is 12.5. The van der Waals surface area contributed by atoms with E-state index in [1.807, 2.05) is 19.1 Å². The molecule has 1 heterocycles. The minimum absolute atomic E-state index is 0.0455. The standard InChI is InChI=1S/C17H14Cl2O2/c1-10-6-13(18)2-3-15(10)16(20)9-12-8-14(19)7-11-4-5-21-17(11)12/h2-3,6-8H,4-5,9H2,1H3. The van der Waals surface area contributed by atoms with Crippen LogP contribution < -0.4 is 4.74 Å². The number of carbonyl (C=O) groups excluding carboxylic acids is 1. The quantitative estimate of drug-likeness (QED) is 0.769. The molecule has 0 radical (unpaired) electrons. The van der Waals surface area contributed by atoms with Gasteiger partial charge in [0.15, 0.2) is 5.78 Å². The van der Waals surface area contributed by atoms with Gasteiger partial charge in [-0.15, -0.1) is 0 Å². The SMILES string of the molecule is Cc1cc(Cl)ccc1C(=O)Cc1cc(Cl)cc2c1OCC2. The molecule has 4 heteroatoms. The van der Waals surface area contributed by atoms with Crippen LogP contribution in [0.3, 0.4) is 0 Å². The van der Waals surface area contributed by atoms with E-state index in [1.54, 1.807) is 18.2 Å². The average Bonchev–Trinajstić information content (AvgIpc) is 2.86. The fourth-order valence-electron chi connectivity index (χ4n) is 2.69. The van der Waals surface area contributed by atoms with Crippen molar-refractivity contribution in [1.29, 1.82) is 0 Å². The molecule has 3 rings (SSSR count). The summed E-state index contributed by atoms with van der Waals surface area (Å²) in [5, 5.41) is 1.28. The number of Topliss-reactive ketones (excluding diaryl/α,β-unsaturated/α-hetero) is 1. The lowest BCUT2D eigenvalue weighted by atomic mass is 9.97. The lowest BCUT2D eigenvalue weighted by Crippen LogP contribution is -2.07. The number of rotatable bonds is 3. The number of ether oxygens (including phenoxy) is 1. The average molecular weight is 321 g/mol. The number of hydrogen-bond acceptors (Lipinski definition) is 2. The summed E-state index contributed by atoms with van der Waals surface area (Å²) in [6, 6.07) is 9.03. The summed E-state index contributed by atoms with van der Waals surface area (Å²) in [7, 11) is 0. The first kappa shape index (κ1) is 14.4. The third-order valence-corrected chi connectivity index (χ3v) is 4.12. The van der Waals surface area contributed by atoms with Gasteiger partial charge < -0.3 is 4.74 Å². The maximum Gasteiger partial charge on any atom is 0.167 e. The molecule has 0 aliphatic carbocycles. The molecule has 2 aromatic rings. The zero-order chi connectivity index (χ0) is 15.0. The van der Waals surface area contributed by atoms with Crippen LogP contribution in [0.2, 0.25) is 10.0 Å². The zero-order valence-corrected chi connectivity index (χ0v) is 13.1. The van der Waals surface area contributed by atoms with Gasteiger partial charge in [0, 0.05) is 34.0 Å². The summed E-state index contributed by atoms with van der Waals surface area (Å²) >= 11 is 12.1. The van der Waals surface area contributed by atoms with E-state index in [-0.39, 0.29) is 12.2 Å². The highest BCUT2D eigenvalue weighted by Gasteiger charge is 2.20. The summed E-state index contributed by atoms with van der Waals surface area (Å²) in [5.74, 6) is 0.864. The van der Waals surface area contributed by atoms with Crippen LogP contribution in [0.25, 0.3) is 0 Å². The van der Waals surface area contributed by atoms with Crippen LogP contribution in [0.1, 0.15) is 27.0 Å². The van der Waals surface area contributed by atoms with Crippen LogP contribution in [-0.2, 0) is 12.8 Å².